The molecule has 0 bridgehead atoms. The molecule has 1 aromatic carbocycles. The van der Waals surface area contributed by atoms with Crippen LogP contribution in [0.4, 0.5) is 5.69 Å². The number of benzene rings is 1. The Bertz CT molecular complexity index is 702. The molecule has 122 valence electrons. The van der Waals surface area contributed by atoms with E-state index < -0.39 is 0 Å². The van der Waals surface area contributed by atoms with Crippen molar-refractivity contribution in [3.05, 3.63) is 90.0 Å². The molecule has 2 N–H and O–H groups in total. The van der Waals surface area contributed by atoms with Crippen molar-refractivity contribution in [2.24, 2.45) is 5.73 Å². The summed E-state index contributed by atoms with van der Waals surface area (Å²) in [5.74, 6) is 0. The van der Waals surface area contributed by atoms with Crippen LogP contribution in [0.25, 0.3) is 0 Å². The molecule has 0 aliphatic heterocycles. The van der Waals surface area contributed by atoms with Crippen LogP contribution in [0, 0.1) is 0 Å². The lowest BCUT2D eigenvalue weighted by molar-refractivity contribution is 0.764. The highest BCUT2D eigenvalue weighted by Gasteiger charge is 2.10. The molecule has 2 aromatic heterocycles. The molecular formula is C20H22N4. The van der Waals surface area contributed by atoms with Gasteiger partial charge in [-0.25, -0.2) is 0 Å². The molecule has 2 heterocycles. The summed E-state index contributed by atoms with van der Waals surface area (Å²) in [7, 11) is 0. The average Bonchev–Trinajstić information content (AvgIpc) is 2.63. The molecule has 0 radical (unpaired) electrons. The summed E-state index contributed by atoms with van der Waals surface area (Å²) >= 11 is 0. The second kappa shape index (κ2) is 8.22. The third kappa shape index (κ3) is 4.40. The molecule has 0 unspecified atom stereocenters. The molecule has 0 fully saturated rings. The van der Waals surface area contributed by atoms with E-state index in [1.165, 1.54) is 5.56 Å². The van der Waals surface area contributed by atoms with Crippen molar-refractivity contribution in [1.29, 1.82) is 0 Å². The fourth-order valence-electron chi connectivity index (χ4n) is 2.69. The molecular weight excluding hydrogens is 296 g/mol. The van der Waals surface area contributed by atoms with E-state index in [1.807, 2.05) is 36.7 Å². The molecule has 0 spiro atoms. The van der Waals surface area contributed by atoms with Gasteiger partial charge in [0.2, 0.25) is 0 Å². The van der Waals surface area contributed by atoms with Crippen LogP contribution in [0.3, 0.4) is 0 Å². The van der Waals surface area contributed by atoms with Gasteiger partial charge in [0.1, 0.15) is 0 Å². The monoisotopic (exact) mass is 318 g/mol. The lowest BCUT2D eigenvalue weighted by Gasteiger charge is -2.25. The topological polar surface area (TPSA) is 55.0 Å². The fraction of sp³-hybridized carbons (Fsp3) is 0.200. The zero-order valence-corrected chi connectivity index (χ0v) is 13.7. The number of anilines is 1. The number of aromatic nitrogens is 2. The number of nitrogens with two attached hydrogens (primary N) is 1. The number of hydrogen-bond donors (Lipinski definition) is 1. The molecule has 0 saturated heterocycles. The maximum Gasteiger partial charge on any atom is 0.0606 e. The highest BCUT2D eigenvalue weighted by Crippen LogP contribution is 2.21. The first-order valence-electron chi connectivity index (χ1n) is 8.19. The fourth-order valence-corrected chi connectivity index (χ4v) is 2.69. The van der Waals surface area contributed by atoms with Crippen LogP contribution in [-0.2, 0) is 19.5 Å². The van der Waals surface area contributed by atoms with Gasteiger partial charge in [0.25, 0.3) is 0 Å². The van der Waals surface area contributed by atoms with Crippen LogP contribution < -0.4 is 10.6 Å². The second-order valence-corrected chi connectivity index (χ2v) is 5.71. The molecule has 0 saturated carbocycles. The SMILES string of the molecule is NCCc1cccc(N(Cc2ccccn2)Cc2ccccn2)c1. The first kappa shape index (κ1) is 16.1. The molecule has 0 atom stereocenters. The van der Waals surface area contributed by atoms with Gasteiger partial charge in [-0.3, -0.25) is 9.97 Å². The number of rotatable bonds is 7. The third-order valence-electron chi connectivity index (χ3n) is 3.87. The van der Waals surface area contributed by atoms with Crippen molar-refractivity contribution < 1.29 is 0 Å². The summed E-state index contributed by atoms with van der Waals surface area (Å²) in [4.78, 5) is 11.2. The Morgan fingerprint density at radius 1 is 0.792 bits per heavy atom. The van der Waals surface area contributed by atoms with Gasteiger partial charge >= 0.3 is 0 Å². The van der Waals surface area contributed by atoms with Crippen LogP contribution in [0.15, 0.2) is 73.1 Å². The van der Waals surface area contributed by atoms with Crippen molar-refractivity contribution >= 4 is 5.69 Å². The Kier molecular flexibility index (Phi) is 5.53. The second-order valence-electron chi connectivity index (χ2n) is 5.71. The van der Waals surface area contributed by atoms with E-state index in [1.54, 1.807) is 0 Å². The maximum absolute atomic E-state index is 5.70. The first-order chi connectivity index (χ1) is 11.8. The summed E-state index contributed by atoms with van der Waals surface area (Å²) in [5, 5.41) is 0. The van der Waals surface area contributed by atoms with Gasteiger partial charge in [0.05, 0.1) is 24.5 Å². The Balaban J connectivity index is 1.87. The van der Waals surface area contributed by atoms with E-state index >= 15 is 0 Å². The van der Waals surface area contributed by atoms with Crippen molar-refractivity contribution in [3.8, 4) is 0 Å². The number of pyridine rings is 2. The minimum absolute atomic E-state index is 0.657. The van der Waals surface area contributed by atoms with Gasteiger partial charge in [-0.1, -0.05) is 24.3 Å². The summed E-state index contributed by atoms with van der Waals surface area (Å²) in [6.45, 7) is 2.14. The molecule has 3 rings (SSSR count). The minimum Gasteiger partial charge on any atom is -0.360 e. The van der Waals surface area contributed by atoms with Crippen LogP contribution >= 0.6 is 0 Å². The predicted octanol–water partition coefficient (Wildman–Crippen LogP) is 3.18. The number of hydrogen-bond acceptors (Lipinski definition) is 4. The van der Waals surface area contributed by atoms with E-state index in [0.29, 0.717) is 6.54 Å². The molecule has 0 aliphatic carbocycles. The Morgan fingerprint density at radius 3 is 2.00 bits per heavy atom. The highest BCUT2D eigenvalue weighted by atomic mass is 15.1. The lowest BCUT2D eigenvalue weighted by Crippen LogP contribution is -2.23. The van der Waals surface area contributed by atoms with E-state index in [-0.39, 0.29) is 0 Å². The van der Waals surface area contributed by atoms with Crippen molar-refractivity contribution in [1.82, 2.24) is 9.97 Å². The molecule has 0 amide bonds. The third-order valence-corrected chi connectivity index (χ3v) is 3.87. The van der Waals surface area contributed by atoms with Gasteiger partial charge in [0, 0.05) is 18.1 Å². The Hall–Kier alpha value is -2.72. The van der Waals surface area contributed by atoms with Gasteiger partial charge in [-0.2, -0.15) is 0 Å². The summed E-state index contributed by atoms with van der Waals surface area (Å²) < 4.78 is 0. The largest absolute Gasteiger partial charge is 0.360 e. The van der Waals surface area contributed by atoms with Gasteiger partial charge in [-0.15, -0.1) is 0 Å². The quantitative estimate of drug-likeness (QED) is 0.727. The molecule has 3 aromatic rings. The van der Waals surface area contributed by atoms with Gasteiger partial charge in [-0.05, 0) is 54.9 Å². The van der Waals surface area contributed by atoms with Crippen molar-refractivity contribution in [2.75, 3.05) is 11.4 Å². The smallest absolute Gasteiger partial charge is 0.0606 e. The van der Waals surface area contributed by atoms with Crippen LogP contribution in [-0.4, -0.2) is 16.5 Å². The van der Waals surface area contributed by atoms with E-state index in [0.717, 1.165) is 36.6 Å². The van der Waals surface area contributed by atoms with E-state index in [9.17, 15) is 0 Å². The number of nitrogens with zero attached hydrogens (tertiary/aromatic N) is 3. The van der Waals surface area contributed by atoms with Crippen molar-refractivity contribution in [3.63, 3.8) is 0 Å². The van der Waals surface area contributed by atoms with Gasteiger partial charge in [0.15, 0.2) is 0 Å². The summed E-state index contributed by atoms with van der Waals surface area (Å²) in [6, 6.07) is 20.6. The van der Waals surface area contributed by atoms with Crippen molar-refractivity contribution in [2.45, 2.75) is 19.5 Å². The Labute approximate surface area is 143 Å². The van der Waals surface area contributed by atoms with Crippen LogP contribution in [0.1, 0.15) is 17.0 Å². The van der Waals surface area contributed by atoms with Crippen LogP contribution in [0.5, 0.6) is 0 Å². The van der Waals surface area contributed by atoms with Crippen LogP contribution in [0.2, 0.25) is 0 Å². The van der Waals surface area contributed by atoms with E-state index in [4.69, 9.17) is 5.73 Å². The zero-order valence-electron chi connectivity index (χ0n) is 13.7. The molecule has 4 heteroatoms. The summed E-state index contributed by atoms with van der Waals surface area (Å²) in [5.41, 5.74) is 10.2. The average molecular weight is 318 g/mol. The minimum atomic E-state index is 0.657. The lowest BCUT2D eigenvalue weighted by atomic mass is 10.1. The normalized spacial score (nSPS) is 10.5. The zero-order chi connectivity index (χ0) is 16.6. The van der Waals surface area contributed by atoms with Gasteiger partial charge < -0.3 is 10.6 Å². The standard InChI is InChI=1S/C20H22N4/c21-11-10-17-6-5-9-20(14-17)24(15-18-7-1-3-12-22-18)16-19-8-2-4-13-23-19/h1-9,12-14H,10-11,15-16,21H2. The first-order valence-corrected chi connectivity index (χ1v) is 8.19. The Morgan fingerprint density at radius 2 is 1.46 bits per heavy atom. The molecule has 24 heavy (non-hydrogen) atoms. The molecule has 4 nitrogen and oxygen atoms in total. The summed E-state index contributed by atoms with van der Waals surface area (Å²) in [6.07, 6.45) is 4.55. The highest BCUT2D eigenvalue weighted by molar-refractivity contribution is 5.49. The predicted molar refractivity (Wildman–Crippen MR) is 97.6 cm³/mol. The molecule has 0 aliphatic rings. The maximum atomic E-state index is 5.70. The van der Waals surface area contributed by atoms with E-state index in [2.05, 4.69) is 51.3 Å².